The number of methoxy groups -OCH3 is 2. The average Bonchev–Trinajstić information content (AvgIpc) is 2.87. The number of hydrogen-bond acceptors (Lipinski definition) is 7. The lowest BCUT2D eigenvalue weighted by atomic mass is 10.0. The molecule has 0 saturated heterocycles. The van der Waals surface area contributed by atoms with Crippen molar-refractivity contribution in [3.8, 4) is 5.75 Å². The first kappa shape index (κ1) is 22.7. The van der Waals surface area contributed by atoms with E-state index in [2.05, 4.69) is 26.0 Å². The number of para-hydroxylation sites is 2. The second-order valence-electron chi connectivity index (χ2n) is 7.38. The molecule has 0 bridgehead atoms. The summed E-state index contributed by atoms with van der Waals surface area (Å²) in [6.45, 7) is 0. The maximum Gasteiger partial charge on any atom is 0.411 e. The molecule has 0 atom stereocenters. The van der Waals surface area contributed by atoms with Gasteiger partial charge in [-0.15, -0.1) is 0 Å². The number of anilines is 4. The van der Waals surface area contributed by atoms with Crippen LogP contribution in [-0.4, -0.2) is 45.3 Å². The van der Waals surface area contributed by atoms with Gasteiger partial charge in [-0.25, -0.2) is 9.78 Å². The van der Waals surface area contributed by atoms with E-state index >= 15 is 0 Å². The summed E-state index contributed by atoms with van der Waals surface area (Å²) in [5.74, 6) is 0.369. The Hall–Kier alpha value is -4.53. The number of rotatable bonds is 6. The normalized spacial score (nSPS) is 10.6. The average molecular weight is 460 g/mol. The summed E-state index contributed by atoms with van der Waals surface area (Å²) in [5, 5.41) is 13.6. The predicted octanol–water partition coefficient (Wildman–Crippen LogP) is 4.72. The summed E-state index contributed by atoms with van der Waals surface area (Å²) in [4.78, 5) is 29.0. The van der Waals surface area contributed by atoms with Crippen molar-refractivity contribution in [1.82, 2.24) is 10.3 Å². The van der Waals surface area contributed by atoms with Crippen LogP contribution in [0.3, 0.4) is 0 Å². The number of aromatic nitrogens is 1. The first-order valence-corrected chi connectivity index (χ1v) is 10.6. The van der Waals surface area contributed by atoms with Crippen molar-refractivity contribution in [2.45, 2.75) is 0 Å². The Labute approximate surface area is 196 Å². The van der Waals surface area contributed by atoms with E-state index in [1.807, 2.05) is 36.4 Å². The third kappa shape index (κ3) is 4.11. The van der Waals surface area contributed by atoms with Gasteiger partial charge in [0.25, 0.3) is 5.91 Å². The van der Waals surface area contributed by atoms with Crippen molar-refractivity contribution < 1.29 is 19.1 Å². The molecule has 0 aliphatic carbocycles. The maximum atomic E-state index is 12.6. The molecule has 0 saturated carbocycles. The molecule has 34 heavy (non-hydrogen) atoms. The van der Waals surface area contributed by atoms with Gasteiger partial charge in [0, 0.05) is 30.6 Å². The van der Waals surface area contributed by atoms with E-state index in [1.54, 1.807) is 39.4 Å². The molecule has 4 aromatic rings. The number of carbonyl (C=O) groups excluding carboxylic acids is 2. The van der Waals surface area contributed by atoms with Crippen LogP contribution in [0.2, 0.25) is 0 Å². The molecule has 1 heterocycles. The van der Waals surface area contributed by atoms with Gasteiger partial charge in [-0.05, 0) is 30.3 Å². The first-order valence-electron chi connectivity index (χ1n) is 10.6. The van der Waals surface area contributed by atoms with E-state index in [1.165, 1.54) is 7.11 Å². The lowest BCUT2D eigenvalue weighted by molar-refractivity contribution is 0.0964. The van der Waals surface area contributed by atoms with Crippen molar-refractivity contribution >= 4 is 56.6 Å². The van der Waals surface area contributed by atoms with Crippen LogP contribution < -0.4 is 26.0 Å². The van der Waals surface area contributed by atoms with E-state index in [0.29, 0.717) is 28.0 Å². The highest BCUT2D eigenvalue weighted by Crippen LogP contribution is 2.39. The van der Waals surface area contributed by atoms with Crippen LogP contribution in [0.4, 0.5) is 27.5 Å². The summed E-state index contributed by atoms with van der Waals surface area (Å²) in [6.07, 6.45) is -0.553. The number of nitrogens with one attached hydrogen (secondary N) is 4. The first-order chi connectivity index (χ1) is 16.5. The number of benzene rings is 3. The molecule has 0 aliphatic heterocycles. The SMILES string of the molecule is CNC(=O)c1cccc2c(Nc3ccc(NC(=O)OC)cc3NC)c3cccc(OC)c3nc12. The van der Waals surface area contributed by atoms with Crippen molar-refractivity contribution in [3.63, 3.8) is 0 Å². The van der Waals surface area contributed by atoms with E-state index < -0.39 is 6.09 Å². The third-order valence-electron chi connectivity index (χ3n) is 5.47. The molecular formula is C25H25N5O4. The van der Waals surface area contributed by atoms with Gasteiger partial charge in [0.15, 0.2) is 0 Å². The quantitative estimate of drug-likeness (QED) is 0.309. The minimum atomic E-state index is -0.553. The summed E-state index contributed by atoms with van der Waals surface area (Å²) in [7, 11) is 6.28. The van der Waals surface area contributed by atoms with Crippen molar-refractivity contribution in [2.75, 3.05) is 44.3 Å². The predicted molar refractivity (Wildman–Crippen MR) is 134 cm³/mol. The Bertz CT molecular complexity index is 1400. The standard InChI is InChI=1S/C25H25N5O4/c1-26-19-13-14(28-25(32)34-4)11-12-18(19)29-21-15-7-5-9-17(24(31)27-2)22(15)30-23-16(21)8-6-10-20(23)33-3/h5-13,26H,1-4H3,(H,27,31)(H,28,32)(H,29,30). The van der Waals surface area contributed by atoms with Gasteiger partial charge in [-0.2, -0.15) is 0 Å². The van der Waals surface area contributed by atoms with Gasteiger partial charge in [0.2, 0.25) is 0 Å². The van der Waals surface area contributed by atoms with Crippen molar-refractivity contribution in [1.29, 1.82) is 0 Å². The topological polar surface area (TPSA) is 114 Å². The zero-order valence-corrected chi connectivity index (χ0v) is 19.3. The van der Waals surface area contributed by atoms with E-state index in [9.17, 15) is 9.59 Å². The highest BCUT2D eigenvalue weighted by molar-refractivity contribution is 6.16. The summed E-state index contributed by atoms with van der Waals surface area (Å²) in [6, 6.07) is 16.6. The second-order valence-corrected chi connectivity index (χ2v) is 7.38. The van der Waals surface area contributed by atoms with Crippen LogP contribution in [0.5, 0.6) is 5.75 Å². The zero-order chi connectivity index (χ0) is 24.2. The van der Waals surface area contributed by atoms with Crippen LogP contribution in [0, 0.1) is 0 Å². The molecule has 174 valence electrons. The lowest BCUT2D eigenvalue weighted by Gasteiger charge is -2.18. The fourth-order valence-electron chi connectivity index (χ4n) is 3.82. The highest BCUT2D eigenvalue weighted by Gasteiger charge is 2.18. The van der Waals surface area contributed by atoms with E-state index in [4.69, 9.17) is 9.72 Å². The van der Waals surface area contributed by atoms with Crippen LogP contribution >= 0.6 is 0 Å². The molecule has 2 amide bonds. The zero-order valence-electron chi connectivity index (χ0n) is 19.3. The molecular weight excluding hydrogens is 434 g/mol. The molecule has 0 unspecified atom stereocenters. The van der Waals surface area contributed by atoms with Gasteiger partial charge in [-0.1, -0.05) is 24.3 Å². The summed E-state index contributed by atoms with van der Waals surface area (Å²) >= 11 is 0. The number of fused-ring (bicyclic) bond motifs is 2. The van der Waals surface area contributed by atoms with Gasteiger partial charge in [-0.3, -0.25) is 10.1 Å². The Kier molecular flexibility index (Phi) is 6.35. The molecule has 0 fully saturated rings. The fourth-order valence-corrected chi connectivity index (χ4v) is 3.82. The molecule has 9 nitrogen and oxygen atoms in total. The smallest absolute Gasteiger partial charge is 0.411 e. The highest BCUT2D eigenvalue weighted by atomic mass is 16.5. The number of pyridine rings is 1. The second kappa shape index (κ2) is 9.53. The molecule has 4 rings (SSSR count). The van der Waals surface area contributed by atoms with Gasteiger partial charge in [0.1, 0.15) is 11.3 Å². The summed E-state index contributed by atoms with van der Waals surface area (Å²) < 4.78 is 10.2. The molecule has 0 radical (unpaired) electrons. The van der Waals surface area contributed by atoms with E-state index in [-0.39, 0.29) is 5.91 Å². The van der Waals surface area contributed by atoms with Crippen LogP contribution in [0.15, 0.2) is 54.6 Å². The summed E-state index contributed by atoms with van der Waals surface area (Å²) in [5.41, 5.74) is 4.51. The fraction of sp³-hybridized carbons (Fsp3) is 0.160. The van der Waals surface area contributed by atoms with Crippen LogP contribution in [-0.2, 0) is 4.74 Å². The van der Waals surface area contributed by atoms with Gasteiger partial charge < -0.3 is 25.4 Å². The lowest BCUT2D eigenvalue weighted by Crippen LogP contribution is -2.18. The maximum absolute atomic E-state index is 12.6. The number of hydrogen-bond donors (Lipinski definition) is 4. The van der Waals surface area contributed by atoms with Gasteiger partial charge >= 0.3 is 6.09 Å². The minimum Gasteiger partial charge on any atom is -0.494 e. The Morgan fingerprint density at radius 3 is 2.29 bits per heavy atom. The molecule has 3 aromatic carbocycles. The van der Waals surface area contributed by atoms with Crippen LogP contribution in [0.25, 0.3) is 21.8 Å². The minimum absolute atomic E-state index is 0.229. The molecule has 0 aliphatic rings. The van der Waals surface area contributed by atoms with Crippen LogP contribution in [0.1, 0.15) is 10.4 Å². The Morgan fingerprint density at radius 1 is 0.882 bits per heavy atom. The molecule has 4 N–H and O–H groups in total. The van der Waals surface area contributed by atoms with E-state index in [0.717, 1.165) is 27.8 Å². The molecule has 9 heteroatoms. The van der Waals surface area contributed by atoms with Crippen molar-refractivity contribution in [2.24, 2.45) is 0 Å². The Morgan fingerprint density at radius 2 is 1.62 bits per heavy atom. The Balaban J connectivity index is 1.94. The monoisotopic (exact) mass is 459 g/mol. The number of nitrogens with zero attached hydrogens (tertiary/aromatic N) is 1. The number of carbonyl (C=O) groups is 2. The van der Waals surface area contributed by atoms with Crippen molar-refractivity contribution in [3.05, 3.63) is 60.2 Å². The molecule has 1 aromatic heterocycles. The number of ether oxygens (including phenoxy) is 2. The third-order valence-corrected chi connectivity index (χ3v) is 5.47. The largest absolute Gasteiger partial charge is 0.494 e. The number of amides is 2. The van der Waals surface area contributed by atoms with Gasteiger partial charge in [0.05, 0.1) is 42.4 Å². The molecule has 0 spiro atoms.